The van der Waals surface area contributed by atoms with Crippen molar-refractivity contribution in [3.8, 4) is 0 Å². The van der Waals surface area contributed by atoms with E-state index in [4.69, 9.17) is 22.1 Å². The highest BCUT2D eigenvalue weighted by Crippen LogP contribution is 2.24. The smallest absolute Gasteiger partial charge is 0.191 e. The van der Waals surface area contributed by atoms with Crippen molar-refractivity contribution in [2.24, 2.45) is 10.7 Å². The van der Waals surface area contributed by atoms with Gasteiger partial charge in [-0.1, -0.05) is 23.7 Å². The van der Waals surface area contributed by atoms with Gasteiger partial charge in [-0.15, -0.1) is 24.0 Å². The summed E-state index contributed by atoms with van der Waals surface area (Å²) in [6.45, 7) is 9.85. The molecule has 1 aliphatic heterocycles. The summed E-state index contributed by atoms with van der Waals surface area (Å²) < 4.78 is 5.47. The first kappa shape index (κ1) is 21.5. The van der Waals surface area contributed by atoms with Gasteiger partial charge in [-0.2, -0.15) is 0 Å². The molecule has 0 aliphatic carbocycles. The van der Waals surface area contributed by atoms with Gasteiger partial charge in [0.05, 0.1) is 25.8 Å². The van der Waals surface area contributed by atoms with E-state index in [1.165, 1.54) is 5.56 Å². The summed E-state index contributed by atoms with van der Waals surface area (Å²) in [6, 6.07) is 8.18. The second-order valence-electron chi connectivity index (χ2n) is 5.59. The Balaban J connectivity index is 0.00000288. The molecule has 0 saturated carbocycles. The summed E-state index contributed by atoms with van der Waals surface area (Å²) in [4.78, 5) is 9.10. The van der Waals surface area contributed by atoms with E-state index >= 15 is 0 Å². The van der Waals surface area contributed by atoms with Gasteiger partial charge in [0.25, 0.3) is 0 Å². The highest BCUT2D eigenvalue weighted by molar-refractivity contribution is 14.0. The van der Waals surface area contributed by atoms with E-state index in [1.54, 1.807) is 0 Å². The summed E-state index contributed by atoms with van der Waals surface area (Å²) >= 11 is 6.17. The molecule has 1 aromatic carbocycles. The molecule has 0 spiro atoms. The average molecular weight is 467 g/mol. The number of nitrogens with zero attached hydrogens (tertiary/aromatic N) is 3. The van der Waals surface area contributed by atoms with E-state index in [1.807, 2.05) is 18.2 Å². The predicted octanol–water partition coefficient (Wildman–Crippen LogP) is 2.99. The maximum atomic E-state index is 6.17. The minimum atomic E-state index is 0. The standard InChI is InChI=1S/C17H27ClN4O.HI/c1-3-21(4-2)17(19)20-13-16(22-8-10-23-11-9-22)14-6-5-7-15(18)12-14;/h5-7,12,16H,3-4,8-11,13H2,1-2H3,(H2,19,20);1H. The molecule has 0 radical (unpaired) electrons. The first-order valence-electron chi connectivity index (χ1n) is 8.27. The Bertz CT molecular complexity index is 519. The number of rotatable bonds is 6. The van der Waals surface area contributed by atoms with Crippen LogP contribution < -0.4 is 5.73 Å². The highest BCUT2D eigenvalue weighted by Gasteiger charge is 2.23. The molecule has 136 valence electrons. The molecule has 2 rings (SSSR count). The lowest BCUT2D eigenvalue weighted by Gasteiger charge is -2.34. The molecule has 1 heterocycles. The topological polar surface area (TPSA) is 54.1 Å². The van der Waals surface area contributed by atoms with Gasteiger partial charge in [0.2, 0.25) is 0 Å². The normalized spacial score (nSPS) is 17.2. The number of halogens is 2. The Hall–Kier alpha value is -0.570. The van der Waals surface area contributed by atoms with Crippen molar-refractivity contribution in [2.75, 3.05) is 45.9 Å². The maximum absolute atomic E-state index is 6.17. The summed E-state index contributed by atoms with van der Waals surface area (Å²) in [5, 5.41) is 0.751. The molecule has 1 unspecified atom stereocenters. The van der Waals surface area contributed by atoms with Crippen LogP contribution in [0.2, 0.25) is 5.02 Å². The summed E-state index contributed by atoms with van der Waals surface area (Å²) in [5.41, 5.74) is 7.31. The minimum Gasteiger partial charge on any atom is -0.379 e. The van der Waals surface area contributed by atoms with Gasteiger partial charge in [0.15, 0.2) is 5.96 Å². The van der Waals surface area contributed by atoms with Gasteiger partial charge in [-0.3, -0.25) is 9.89 Å². The molecule has 1 aliphatic rings. The molecular weight excluding hydrogens is 439 g/mol. The van der Waals surface area contributed by atoms with Crippen molar-refractivity contribution >= 4 is 41.5 Å². The van der Waals surface area contributed by atoms with Crippen LogP contribution in [0.4, 0.5) is 0 Å². The monoisotopic (exact) mass is 466 g/mol. The molecule has 7 heteroatoms. The van der Waals surface area contributed by atoms with Gasteiger partial charge < -0.3 is 15.4 Å². The molecule has 0 bridgehead atoms. The van der Waals surface area contributed by atoms with E-state index in [-0.39, 0.29) is 30.0 Å². The van der Waals surface area contributed by atoms with Crippen molar-refractivity contribution < 1.29 is 4.74 Å². The number of ether oxygens (including phenoxy) is 1. The number of benzene rings is 1. The van der Waals surface area contributed by atoms with Crippen molar-refractivity contribution in [3.05, 3.63) is 34.9 Å². The third kappa shape index (κ3) is 6.06. The number of hydrogen-bond acceptors (Lipinski definition) is 3. The van der Waals surface area contributed by atoms with Crippen LogP contribution in [0.15, 0.2) is 29.3 Å². The van der Waals surface area contributed by atoms with Gasteiger partial charge in [-0.25, -0.2) is 0 Å². The summed E-state index contributed by atoms with van der Waals surface area (Å²) in [7, 11) is 0. The highest BCUT2D eigenvalue weighted by atomic mass is 127. The van der Waals surface area contributed by atoms with Gasteiger partial charge in [0.1, 0.15) is 0 Å². The Morgan fingerprint density at radius 3 is 2.58 bits per heavy atom. The number of aliphatic imine (C=N–C) groups is 1. The molecule has 2 N–H and O–H groups in total. The van der Waals surface area contributed by atoms with Crippen LogP contribution >= 0.6 is 35.6 Å². The minimum absolute atomic E-state index is 0. The summed E-state index contributed by atoms with van der Waals surface area (Å²) in [6.07, 6.45) is 0. The zero-order chi connectivity index (χ0) is 16.7. The number of hydrogen-bond donors (Lipinski definition) is 1. The number of guanidine groups is 1. The quantitative estimate of drug-likeness (QED) is 0.398. The van der Waals surface area contributed by atoms with E-state index in [0.717, 1.165) is 44.4 Å². The van der Waals surface area contributed by atoms with Crippen LogP contribution in [0.1, 0.15) is 25.5 Å². The lowest BCUT2D eigenvalue weighted by molar-refractivity contribution is 0.0179. The fourth-order valence-corrected chi connectivity index (χ4v) is 3.06. The first-order valence-corrected chi connectivity index (χ1v) is 8.65. The van der Waals surface area contributed by atoms with Gasteiger partial charge >= 0.3 is 0 Å². The molecule has 1 aromatic rings. The largest absolute Gasteiger partial charge is 0.379 e. The lowest BCUT2D eigenvalue weighted by Crippen LogP contribution is -2.41. The van der Waals surface area contributed by atoms with Gasteiger partial charge in [-0.05, 0) is 31.5 Å². The molecule has 0 aromatic heterocycles. The van der Waals surface area contributed by atoms with Crippen LogP contribution in [0.5, 0.6) is 0 Å². The lowest BCUT2D eigenvalue weighted by atomic mass is 10.0. The van der Waals surface area contributed by atoms with Crippen molar-refractivity contribution in [1.29, 1.82) is 0 Å². The third-order valence-corrected chi connectivity index (χ3v) is 4.47. The Morgan fingerprint density at radius 1 is 1.33 bits per heavy atom. The van der Waals surface area contributed by atoms with E-state index in [9.17, 15) is 0 Å². The van der Waals surface area contributed by atoms with Crippen molar-refractivity contribution in [3.63, 3.8) is 0 Å². The molecule has 24 heavy (non-hydrogen) atoms. The second-order valence-corrected chi connectivity index (χ2v) is 6.03. The molecule has 1 saturated heterocycles. The van der Waals surface area contributed by atoms with E-state index < -0.39 is 0 Å². The fraction of sp³-hybridized carbons (Fsp3) is 0.588. The fourth-order valence-electron chi connectivity index (χ4n) is 2.86. The summed E-state index contributed by atoms with van der Waals surface area (Å²) in [5.74, 6) is 0.607. The van der Waals surface area contributed by atoms with Crippen LogP contribution in [0, 0.1) is 0 Å². The van der Waals surface area contributed by atoms with Crippen molar-refractivity contribution in [2.45, 2.75) is 19.9 Å². The SMILES string of the molecule is CCN(CC)C(N)=NCC(c1cccc(Cl)c1)N1CCOCC1.I. The number of nitrogens with two attached hydrogens (primary N) is 1. The maximum Gasteiger partial charge on any atom is 0.191 e. The van der Waals surface area contributed by atoms with Crippen LogP contribution in [0.3, 0.4) is 0 Å². The molecule has 1 fully saturated rings. The van der Waals surface area contributed by atoms with E-state index in [2.05, 4.69) is 34.7 Å². The zero-order valence-electron chi connectivity index (χ0n) is 14.4. The second kappa shape index (κ2) is 11.1. The molecule has 1 atom stereocenters. The molecular formula is C17H28ClIN4O. The molecule has 5 nitrogen and oxygen atoms in total. The van der Waals surface area contributed by atoms with Crippen molar-refractivity contribution in [1.82, 2.24) is 9.80 Å². The Morgan fingerprint density at radius 2 is 2.00 bits per heavy atom. The molecule has 0 amide bonds. The Kier molecular flexibility index (Phi) is 9.95. The zero-order valence-corrected chi connectivity index (χ0v) is 17.5. The van der Waals surface area contributed by atoms with Gasteiger partial charge in [0, 0.05) is 31.2 Å². The predicted molar refractivity (Wildman–Crippen MR) is 111 cm³/mol. The number of morpholine rings is 1. The van der Waals surface area contributed by atoms with Crippen LogP contribution in [-0.2, 0) is 4.74 Å². The van der Waals surface area contributed by atoms with Crippen LogP contribution in [-0.4, -0.2) is 61.7 Å². The van der Waals surface area contributed by atoms with Crippen LogP contribution in [0.25, 0.3) is 0 Å². The first-order chi connectivity index (χ1) is 11.2. The third-order valence-electron chi connectivity index (χ3n) is 4.23. The van der Waals surface area contributed by atoms with E-state index in [0.29, 0.717) is 12.5 Å². The Labute approximate surface area is 167 Å². The average Bonchev–Trinajstić information content (AvgIpc) is 2.57.